The molecule has 0 spiro atoms. The Balaban J connectivity index is 1.78. The van der Waals surface area contributed by atoms with Gasteiger partial charge in [-0.25, -0.2) is 0 Å². The van der Waals surface area contributed by atoms with Crippen LogP contribution in [0.1, 0.15) is 35.3 Å². The van der Waals surface area contributed by atoms with Gasteiger partial charge in [-0.2, -0.15) is 0 Å². The quantitative estimate of drug-likeness (QED) is 0.572. The molecule has 1 aromatic heterocycles. The maximum atomic E-state index is 12.9. The van der Waals surface area contributed by atoms with Crippen molar-refractivity contribution in [2.75, 3.05) is 31.2 Å². The van der Waals surface area contributed by atoms with Gasteiger partial charge in [0.25, 0.3) is 0 Å². The summed E-state index contributed by atoms with van der Waals surface area (Å²) >= 11 is 1.48. The number of ether oxygens (including phenoxy) is 1. The number of nitrogens with zero attached hydrogens (tertiary/aromatic N) is 4. The molecule has 1 aromatic carbocycles. The first-order valence-electron chi connectivity index (χ1n) is 9.05. The molecule has 1 aliphatic rings. The Morgan fingerprint density at radius 3 is 2.69 bits per heavy atom. The van der Waals surface area contributed by atoms with Crippen LogP contribution >= 0.6 is 11.8 Å². The zero-order valence-corrected chi connectivity index (χ0v) is 16.7. The Labute approximate surface area is 158 Å². The molecule has 2 aromatic rings. The van der Waals surface area contributed by atoms with Crippen LogP contribution in [-0.4, -0.2) is 52.1 Å². The van der Waals surface area contributed by atoms with Crippen molar-refractivity contribution in [3.05, 3.63) is 34.9 Å². The van der Waals surface area contributed by atoms with Crippen LogP contribution < -0.4 is 4.90 Å². The molecule has 1 atom stereocenters. The van der Waals surface area contributed by atoms with Crippen LogP contribution in [0, 0.1) is 13.8 Å². The van der Waals surface area contributed by atoms with Gasteiger partial charge >= 0.3 is 0 Å². The Morgan fingerprint density at radius 1 is 1.27 bits per heavy atom. The van der Waals surface area contributed by atoms with Gasteiger partial charge in [-0.3, -0.25) is 9.36 Å². The Hall–Kier alpha value is -1.86. The third-order valence-corrected chi connectivity index (χ3v) is 5.70. The maximum absolute atomic E-state index is 12.9. The Bertz CT molecular complexity index is 784. The molecule has 26 heavy (non-hydrogen) atoms. The minimum atomic E-state index is -0.220. The van der Waals surface area contributed by atoms with Crippen molar-refractivity contribution in [3.63, 3.8) is 0 Å². The molecule has 1 fully saturated rings. The number of anilines is 1. The summed E-state index contributed by atoms with van der Waals surface area (Å²) in [6.07, 6.45) is 0. The zero-order chi connectivity index (χ0) is 18.7. The Morgan fingerprint density at radius 2 is 2.00 bits per heavy atom. The first kappa shape index (κ1) is 18.9. The molecule has 0 bridgehead atoms. The van der Waals surface area contributed by atoms with Gasteiger partial charge in [0.15, 0.2) is 10.9 Å². The lowest BCUT2D eigenvalue weighted by molar-refractivity contribution is 0.0993. The highest BCUT2D eigenvalue weighted by molar-refractivity contribution is 8.00. The van der Waals surface area contributed by atoms with Crippen LogP contribution in [-0.2, 0) is 11.3 Å². The fourth-order valence-electron chi connectivity index (χ4n) is 3.07. The van der Waals surface area contributed by atoms with E-state index in [9.17, 15) is 4.79 Å². The van der Waals surface area contributed by atoms with Crippen molar-refractivity contribution in [1.82, 2.24) is 14.8 Å². The van der Waals surface area contributed by atoms with Crippen molar-refractivity contribution < 1.29 is 9.53 Å². The van der Waals surface area contributed by atoms with Gasteiger partial charge in [0, 0.05) is 25.2 Å². The molecule has 0 saturated carbocycles. The van der Waals surface area contributed by atoms with E-state index in [1.165, 1.54) is 11.8 Å². The number of carbonyl (C=O) groups excluding carboxylic acids is 1. The van der Waals surface area contributed by atoms with E-state index in [2.05, 4.69) is 26.6 Å². The summed E-state index contributed by atoms with van der Waals surface area (Å²) in [7, 11) is 0. The third kappa shape index (κ3) is 3.94. The second-order valence-corrected chi connectivity index (χ2v) is 7.88. The van der Waals surface area contributed by atoms with Crippen molar-refractivity contribution >= 4 is 23.5 Å². The molecule has 0 N–H and O–H groups in total. The van der Waals surface area contributed by atoms with E-state index in [1.54, 1.807) is 0 Å². The van der Waals surface area contributed by atoms with Crippen LogP contribution in [0.5, 0.6) is 0 Å². The van der Waals surface area contributed by atoms with E-state index < -0.39 is 0 Å². The average Bonchev–Trinajstić information content (AvgIpc) is 3.06. The molecule has 0 amide bonds. The molecule has 1 unspecified atom stereocenters. The normalized spacial score (nSPS) is 15.9. The predicted molar refractivity (Wildman–Crippen MR) is 104 cm³/mol. The topological polar surface area (TPSA) is 60.2 Å². The zero-order valence-electron chi connectivity index (χ0n) is 15.9. The predicted octanol–water partition coefficient (Wildman–Crippen LogP) is 3.11. The van der Waals surface area contributed by atoms with E-state index in [1.807, 2.05) is 39.0 Å². The number of carbonyl (C=O) groups is 1. The average molecular weight is 375 g/mol. The van der Waals surface area contributed by atoms with Gasteiger partial charge in [-0.05, 0) is 39.3 Å². The summed E-state index contributed by atoms with van der Waals surface area (Å²) in [6.45, 7) is 11.8. The minimum absolute atomic E-state index is 0.134. The van der Waals surface area contributed by atoms with Crippen LogP contribution in [0.2, 0.25) is 0 Å². The fourth-order valence-corrected chi connectivity index (χ4v) is 4.05. The number of benzene rings is 1. The van der Waals surface area contributed by atoms with Gasteiger partial charge in [0.2, 0.25) is 5.95 Å². The number of hydrogen-bond donors (Lipinski definition) is 0. The molecule has 0 radical (unpaired) electrons. The number of rotatable bonds is 6. The van der Waals surface area contributed by atoms with Crippen molar-refractivity contribution in [3.8, 4) is 0 Å². The number of aryl methyl sites for hydroxylation is 2. The van der Waals surface area contributed by atoms with Gasteiger partial charge in [-0.1, -0.05) is 29.5 Å². The van der Waals surface area contributed by atoms with E-state index in [0.29, 0.717) is 13.2 Å². The van der Waals surface area contributed by atoms with Crippen LogP contribution in [0.15, 0.2) is 23.4 Å². The molecule has 6 nitrogen and oxygen atoms in total. The molecular formula is C19H26N4O2S. The molecule has 3 rings (SSSR count). The van der Waals surface area contributed by atoms with Crippen molar-refractivity contribution in [2.45, 2.75) is 44.6 Å². The molecule has 7 heteroatoms. The molecule has 2 heterocycles. The summed E-state index contributed by atoms with van der Waals surface area (Å²) in [5, 5.41) is 9.31. The van der Waals surface area contributed by atoms with Crippen molar-refractivity contribution in [2.24, 2.45) is 0 Å². The lowest BCUT2D eigenvalue weighted by atomic mass is 10.0. The number of hydrogen-bond acceptors (Lipinski definition) is 6. The number of morpholine rings is 1. The van der Waals surface area contributed by atoms with Crippen LogP contribution in [0.4, 0.5) is 5.95 Å². The highest BCUT2D eigenvalue weighted by atomic mass is 32.2. The van der Waals surface area contributed by atoms with E-state index >= 15 is 0 Å². The minimum Gasteiger partial charge on any atom is -0.378 e. The van der Waals surface area contributed by atoms with Crippen molar-refractivity contribution in [1.29, 1.82) is 0 Å². The van der Waals surface area contributed by atoms with Crippen LogP contribution in [0.25, 0.3) is 0 Å². The first-order chi connectivity index (χ1) is 12.5. The van der Waals surface area contributed by atoms with Gasteiger partial charge < -0.3 is 9.64 Å². The summed E-state index contributed by atoms with van der Waals surface area (Å²) in [5.41, 5.74) is 2.91. The summed E-state index contributed by atoms with van der Waals surface area (Å²) in [5.74, 6) is 1.000. The SMILES string of the molecule is CCn1c(SC(C)C(=O)c2cc(C)ccc2C)nnc1N1CCOCC1. The lowest BCUT2D eigenvalue weighted by Gasteiger charge is -2.27. The number of Topliss-reactive ketones (excluding diaryl/α,β-unsaturated/α-hetero) is 1. The van der Waals surface area contributed by atoms with Gasteiger partial charge in [-0.15, -0.1) is 10.2 Å². The van der Waals surface area contributed by atoms with E-state index in [0.717, 1.165) is 47.4 Å². The summed E-state index contributed by atoms with van der Waals surface area (Å²) < 4.78 is 7.50. The number of thioether (sulfide) groups is 1. The van der Waals surface area contributed by atoms with Crippen LogP contribution in [0.3, 0.4) is 0 Å². The fraction of sp³-hybridized carbons (Fsp3) is 0.526. The molecule has 1 saturated heterocycles. The Kier molecular flexibility index (Phi) is 5.98. The molecular weight excluding hydrogens is 348 g/mol. The molecule has 140 valence electrons. The smallest absolute Gasteiger partial charge is 0.228 e. The largest absolute Gasteiger partial charge is 0.378 e. The second kappa shape index (κ2) is 8.22. The van der Waals surface area contributed by atoms with Gasteiger partial charge in [0.1, 0.15) is 0 Å². The van der Waals surface area contributed by atoms with E-state index in [-0.39, 0.29) is 11.0 Å². The lowest BCUT2D eigenvalue weighted by Crippen LogP contribution is -2.38. The standard InChI is InChI=1S/C19H26N4O2S/c1-5-23-18(22-8-10-25-11-9-22)20-21-19(23)26-15(4)17(24)16-12-13(2)6-7-14(16)3/h6-7,12,15H,5,8-11H2,1-4H3. The molecule has 0 aliphatic carbocycles. The summed E-state index contributed by atoms with van der Waals surface area (Å²) in [6, 6.07) is 6.01. The first-order valence-corrected chi connectivity index (χ1v) is 9.93. The molecule has 1 aliphatic heterocycles. The third-order valence-electron chi connectivity index (χ3n) is 4.62. The highest BCUT2D eigenvalue weighted by Gasteiger charge is 2.24. The number of aromatic nitrogens is 3. The highest BCUT2D eigenvalue weighted by Crippen LogP contribution is 2.28. The second-order valence-electron chi connectivity index (χ2n) is 6.57. The summed E-state index contributed by atoms with van der Waals surface area (Å²) in [4.78, 5) is 15.1. The maximum Gasteiger partial charge on any atom is 0.228 e. The van der Waals surface area contributed by atoms with Gasteiger partial charge in [0.05, 0.1) is 18.5 Å². The number of ketones is 1. The monoisotopic (exact) mass is 374 g/mol. The van der Waals surface area contributed by atoms with E-state index in [4.69, 9.17) is 4.74 Å².